The van der Waals surface area contributed by atoms with Gasteiger partial charge in [-0.1, -0.05) is 11.6 Å². The van der Waals surface area contributed by atoms with Gasteiger partial charge in [0, 0.05) is 17.7 Å². The standard InChI is InChI=1S/C17H21ClN4O3/c1-10-9-11(2)22(21-10)13-6-5-12(18)15(19-13)16(25)20-17(3,4)8-7-14(23)24/h5-6,9H,7-8H2,1-4H3,(H,20,25)(H,23,24). The Bertz CT molecular complexity index is 814. The van der Waals surface area contributed by atoms with Crippen LogP contribution in [0.25, 0.3) is 5.82 Å². The van der Waals surface area contributed by atoms with Crippen molar-refractivity contribution in [1.82, 2.24) is 20.1 Å². The van der Waals surface area contributed by atoms with Crippen molar-refractivity contribution in [3.8, 4) is 5.82 Å². The van der Waals surface area contributed by atoms with E-state index in [1.165, 1.54) is 0 Å². The van der Waals surface area contributed by atoms with Crippen molar-refractivity contribution in [3.05, 3.63) is 40.3 Å². The molecule has 134 valence electrons. The van der Waals surface area contributed by atoms with E-state index in [-0.39, 0.29) is 17.1 Å². The van der Waals surface area contributed by atoms with Crippen LogP contribution in [-0.4, -0.2) is 37.3 Å². The normalized spacial score (nSPS) is 11.4. The Hall–Kier alpha value is -2.41. The molecule has 0 aromatic carbocycles. The molecular formula is C17H21ClN4O3. The lowest BCUT2D eigenvalue weighted by atomic mass is 9.98. The second-order valence-corrected chi connectivity index (χ2v) is 6.98. The van der Waals surface area contributed by atoms with Crippen molar-refractivity contribution in [1.29, 1.82) is 0 Å². The summed E-state index contributed by atoms with van der Waals surface area (Å²) in [4.78, 5) is 27.6. The molecule has 0 aliphatic rings. The summed E-state index contributed by atoms with van der Waals surface area (Å²) in [6.45, 7) is 7.28. The Morgan fingerprint density at radius 2 is 2.00 bits per heavy atom. The van der Waals surface area contributed by atoms with Gasteiger partial charge in [0.05, 0.1) is 10.7 Å². The smallest absolute Gasteiger partial charge is 0.303 e. The van der Waals surface area contributed by atoms with Gasteiger partial charge in [0.1, 0.15) is 5.69 Å². The van der Waals surface area contributed by atoms with E-state index in [1.807, 2.05) is 19.9 Å². The summed E-state index contributed by atoms with van der Waals surface area (Å²) in [7, 11) is 0. The average molecular weight is 365 g/mol. The Balaban J connectivity index is 2.26. The molecule has 0 saturated heterocycles. The highest BCUT2D eigenvalue weighted by Crippen LogP contribution is 2.19. The highest BCUT2D eigenvalue weighted by atomic mass is 35.5. The molecule has 1 amide bonds. The molecule has 2 aromatic heterocycles. The van der Waals surface area contributed by atoms with Crippen LogP contribution in [0.1, 0.15) is 48.6 Å². The summed E-state index contributed by atoms with van der Waals surface area (Å²) in [5.41, 5.74) is 1.11. The fourth-order valence-electron chi connectivity index (χ4n) is 2.42. The molecule has 0 saturated carbocycles. The first kappa shape index (κ1) is 18.9. The molecule has 0 atom stereocenters. The number of halogens is 1. The third-order valence-corrected chi connectivity index (χ3v) is 3.99. The number of carboxylic acid groups (broad SMARTS) is 1. The lowest BCUT2D eigenvalue weighted by Crippen LogP contribution is -2.44. The molecule has 0 radical (unpaired) electrons. The van der Waals surface area contributed by atoms with Crippen LogP contribution in [0, 0.1) is 13.8 Å². The van der Waals surface area contributed by atoms with Gasteiger partial charge in [-0.2, -0.15) is 5.10 Å². The Kier molecular flexibility index (Phi) is 5.47. The van der Waals surface area contributed by atoms with Gasteiger partial charge >= 0.3 is 5.97 Å². The van der Waals surface area contributed by atoms with Crippen LogP contribution in [0.5, 0.6) is 0 Å². The number of nitrogens with zero attached hydrogens (tertiary/aromatic N) is 3. The van der Waals surface area contributed by atoms with Crippen LogP contribution in [0.3, 0.4) is 0 Å². The summed E-state index contributed by atoms with van der Waals surface area (Å²) in [6, 6.07) is 5.19. The topological polar surface area (TPSA) is 97.1 Å². The number of carbonyl (C=O) groups is 2. The zero-order chi connectivity index (χ0) is 18.8. The van der Waals surface area contributed by atoms with E-state index in [9.17, 15) is 9.59 Å². The van der Waals surface area contributed by atoms with E-state index < -0.39 is 17.4 Å². The number of amides is 1. The van der Waals surface area contributed by atoms with E-state index in [1.54, 1.807) is 30.7 Å². The molecule has 0 aliphatic carbocycles. The second kappa shape index (κ2) is 7.23. The third-order valence-electron chi connectivity index (χ3n) is 3.69. The third kappa shape index (κ3) is 4.79. The van der Waals surface area contributed by atoms with E-state index in [2.05, 4.69) is 15.4 Å². The first-order valence-corrected chi connectivity index (χ1v) is 8.21. The molecule has 0 fully saturated rings. The highest BCUT2D eigenvalue weighted by molar-refractivity contribution is 6.33. The molecular weight excluding hydrogens is 344 g/mol. The zero-order valence-electron chi connectivity index (χ0n) is 14.6. The predicted molar refractivity (Wildman–Crippen MR) is 94.3 cm³/mol. The van der Waals surface area contributed by atoms with Crippen molar-refractivity contribution < 1.29 is 14.7 Å². The number of aromatic nitrogens is 3. The molecule has 8 heteroatoms. The van der Waals surface area contributed by atoms with Crippen molar-refractivity contribution in [2.24, 2.45) is 0 Å². The van der Waals surface area contributed by atoms with Crippen molar-refractivity contribution in [2.75, 3.05) is 0 Å². The van der Waals surface area contributed by atoms with Gasteiger partial charge in [-0.05, 0) is 52.3 Å². The number of hydrogen-bond acceptors (Lipinski definition) is 4. The summed E-state index contributed by atoms with van der Waals surface area (Å²) in [6.07, 6.45) is 0.253. The number of hydrogen-bond donors (Lipinski definition) is 2. The second-order valence-electron chi connectivity index (χ2n) is 6.57. The number of aryl methyl sites for hydroxylation is 2. The minimum Gasteiger partial charge on any atom is -0.481 e. The number of carboxylic acids is 1. The molecule has 7 nitrogen and oxygen atoms in total. The fraction of sp³-hybridized carbons (Fsp3) is 0.412. The molecule has 25 heavy (non-hydrogen) atoms. The van der Waals surface area contributed by atoms with Crippen LogP contribution in [0.4, 0.5) is 0 Å². The lowest BCUT2D eigenvalue weighted by Gasteiger charge is -2.25. The van der Waals surface area contributed by atoms with E-state index in [4.69, 9.17) is 16.7 Å². The van der Waals surface area contributed by atoms with Crippen molar-refractivity contribution in [3.63, 3.8) is 0 Å². The maximum Gasteiger partial charge on any atom is 0.303 e. The van der Waals surface area contributed by atoms with Gasteiger partial charge < -0.3 is 10.4 Å². The summed E-state index contributed by atoms with van der Waals surface area (Å²) in [5, 5.41) is 16.2. The summed E-state index contributed by atoms with van der Waals surface area (Å²) < 4.78 is 1.64. The maximum atomic E-state index is 12.6. The van der Waals surface area contributed by atoms with Gasteiger partial charge in [-0.25, -0.2) is 9.67 Å². The van der Waals surface area contributed by atoms with E-state index in [0.717, 1.165) is 11.4 Å². The summed E-state index contributed by atoms with van der Waals surface area (Å²) in [5.74, 6) is -0.878. The largest absolute Gasteiger partial charge is 0.481 e. The lowest BCUT2D eigenvalue weighted by molar-refractivity contribution is -0.137. The number of aliphatic carboxylic acids is 1. The SMILES string of the molecule is Cc1cc(C)n(-c2ccc(Cl)c(C(=O)NC(C)(C)CCC(=O)O)n2)n1. The van der Waals surface area contributed by atoms with Crippen LogP contribution >= 0.6 is 11.6 Å². The molecule has 2 aromatic rings. The van der Waals surface area contributed by atoms with Gasteiger partial charge in [0.15, 0.2) is 5.82 Å². The van der Waals surface area contributed by atoms with Gasteiger partial charge in [-0.3, -0.25) is 9.59 Å². The van der Waals surface area contributed by atoms with Crippen molar-refractivity contribution >= 4 is 23.5 Å². The fourth-order valence-corrected chi connectivity index (χ4v) is 2.61. The molecule has 2 rings (SSSR count). The minimum atomic E-state index is -0.912. The number of nitrogens with one attached hydrogen (secondary N) is 1. The van der Waals surface area contributed by atoms with Gasteiger partial charge in [0.25, 0.3) is 5.91 Å². The molecule has 2 heterocycles. The molecule has 0 aliphatic heterocycles. The van der Waals surface area contributed by atoms with Crippen LogP contribution < -0.4 is 5.32 Å². The monoisotopic (exact) mass is 364 g/mol. The highest BCUT2D eigenvalue weighted by Gasteiger charge is 2.24. The first-order chi connectivity index (χ1) is 11.6. The number of rotatable bonds is 6. The van der Waals surface area contributed by atoms with Crippen molar-refractivity contribution in [2.45, 2.75) is 46.1 Å². The van der Waals surface area contributed by atoms with E-state index in [0.29, 0.717) is 12.2 Å². The summed E-state index contributed by atoms with van der Waals surface area (Å²) >= 11 is 6.13. The van der Waals surface area contributed by atoms with Gasteiger partial charge in [0.2, 0.25) is 0 Å². The first-order valence-electron chi connectivity index (χ1n) is 7.83. The minimum absolute atomic E-state index is 0.0414. The molecule has 0 bridgehead atoms. The number of carbonyl (C=O) groups excluding carboxylic acids is 1. The Morgan fingerprint density at radius 1 is 1.32 bits per heavy atom. The predicted octanol–water partition coefficient (Wildman–Crippen LogP) is 2.91. The zero-order valence-corrected chi connectivity index (χ0v) is 15.4. The molecule has 0 spiro atoms. The molecule has 2 N–H and O–H groups in total. The van der Waals surface area contributed by atoms with Gasteiger partial charge in [-0.15, -0.1) is 0 Å². The Morgan fingerprint density at radius 3 is 2.56 bits per heavy atom. The quantitative estimate of drug-likeness (QED) is 0.821. The molecule has 0 unspecified atom stereocenters. The maximum absolute atomic E-state index is 12.6. The Labute approximate surface area is 151 Å². The average Bonchev–Trinajstić information content (AvgIpc) is 2.84. The van der Waals surface area contributed by atoms with Crippen LogP contribution in [0.2, 0.25) is 5.02 Å². The number of pyridine rings is 1. The van der Waals surface area contributed by atoms with Crippen LogP contribution in [0.15, 0.2) is 18.2 Å². The van der Waals surface area contributed by atoms with E-state index >= 15 is 0 Å². The van der Waals surface area contributed by atoms with Crippen LogP contribution in [-0.2, 0) is 4.79 Å².